The van der Waals surface area contributed by atoms with Gasteiger partial charge < -0.3 is 10.2 Å². The zero-order chi connectivity index (χ0) is 28.4. The molecule has 3 nitrogen and oxygen atoms in total. The topological polar surface area (TPSA) is 32.3 Å². The van der Waals surface area contributed by atoms with E-state index < -0.39 is 76.4 Å². The Morgan fingerprint density at radius 2 is 2.21 bits per heavy atom. The van der Waals surface area contributed by atoms with Gasteiger partial charge in [0.1, 0.15) is 0 Å². The van der Waals surface area contributed by atoms with Crippen molar-refractivity contribution in [1.29, 1.82) is 0 Å². The minimum atomic E-state index is -3.83. The highest BCUT2D eigenvalue weighted by Crippen LogP contribution is 2.26. The molecule has 1 aromatic rings. The summed E-state index contributed by atoms with van der Waals surface area (Å²) in [5, 5.41) is 2.35. The second kappa shape index (κ2) is 6.71. The lowest BCUT2D eigenvalue weighted by molar-refractivity contribution is -0.115. The Bertz CT molecular complexity index is 1000. The molecule has 0 saturated heterocycles. The minimum absolute atomic E-state index is 0.0738. The smallest absolute Gasteiger partial charge is 0.228 e. The molecule has 0 aromatic heterocycles. The number of nitrogens with one attached hydrogen (secondary N) is 1. The largest absolute Gasteiger partial charge is 0.326 e. The zero-order valence-corrected chi connectivity index (χ0v) is 9.98. The van der Waals surface area contributed by atoms with Gasteiger partial charge in [-0.3, -0.25) is 4.79 Å². The molecule has 0 bridgehead atoms. The average molecular weight is 277 g/mol. The second-order valence-electron chi connectivity index (χ2n) is 3.81. The lowest BCUT2D eigenvalue weighted by Crippen LogP contribution is -2.28. The number of hydrogen-bond acceptors (Lipinski definition) is 2. The molecule has 104 valence electrons. The highest BCUT2D eigenvalue weighted by atomic mass is 16.1. The summed E-state index contributed by atoms with van der Waals surface area (Å²) in [5.74, 6) is -0.579. The van der Waals surface area contributed by atoms with Crippen LogP contribution in [0.25, 0.3) is 0 Å². The molecule has 2 rings (SSSR count). The third-order valence-corrected chi connectivity index (χ3v) is 2.64. The summed E-state index contributed by atoms with van der Waals surface area (Å²) in [6.07, 6.45) is -8.62. The van der Waals surface area contributed by atoms with Crippen molar-refractivity contribution in [1.82, 2.24) is 4.90 Å². The van der Waals surface area contributed by atoms with Gasteiger partial charge in [-0.15, -0.1) is 0 Å². The van der Waals surface area contributed by atoms with E-state index in [9.17, 15) is 4.79 Å². The van der Waals surface area contributed by atoms with Crippen molar-refractivity contribution >= 4 is 11.6 Å². The minimum Gasteiger partial charge on any atom is -0.326 e. The fraction of sp³-hybridized carbons (Fsp3) is 0.562. The number of hydrogen-bond donors (Lipinski definition) is 1. The molecular weight excluding hydrogens is 236 g/mol. The van der Waals surface area contributed by atoms with Crippen LogP contribution in [0.3, 0.4) is 0 Å². The van der Waals surface area contributed by atoms with Crippen LogP contribution < -0.4 is 5.32 Å². The molecule has 0 unspecified atom stereocenters. The van der Waals surface area contributed by atoms with Crippen LogP contribution in [0.5, 0.6) is 0 Å². The Balaban J connectivity index is 2.71. The Morgan fingerprint density at radius 3 is 2.95 bits per heavy atom. The average Bonchev–Trinajstić information content (AvgIpc) is 3.08. The molecule has 0 fully saturated rings. The van der Waals surface area contributed by atoms with Gasteiger partial charge >= 0.3 is 0 Å². The van der Waals surface area contributed by atoms with Gasteiger partial charge in [-0.05, 0) is 49.3 Å². The molecule has 1 N–H and O–H groups in total. The first-order valence-electron chi connectivity index (χ1n) is 14.0. The van der Waals surface area contributed by atoms with Crippen LogP contribution in [0.2, 0.25) is 0 Å². The van der Waals surface area contributed by atoms with E-state index in [2.05, 4.69) is 5.32 Å². The molecule has 0 atom stereocenters. The molecule has 1 heterocycles. The van der Waals surface area contributed by atoms with Crippen LogP contribution >= 0.6 is 0 Å². The van der Waals surface area contributed by atoms with Crippen molar-refractivity contribution in [3.63, 3.8) is 0 Å². The van der Waals surface area contributed by atoms with E-state index in [0.717, 1.165) is 0 Å². The van der Waals surface area contributed by atoms with Gasteiger partial charge in [0.05, 0.1) is 10.5 Å². The highest BCUT2D eigenvalue weighted by Gasteiger charge is 2.20. The van der Waals surface area contributed by atoms with Crippen molar-refractivity contribution in [2.75, 3.05) is 24.9 Å². The van der Waals surface area contributed by atoms with Gasteiger partial charge in [0.25, 0.3) is 0 Å². The maximum Gasteiger partial charge on any atom is 0.228 e. The highest BCUT2D eigenvalue weighted by molar-refractivity contribution is 5.99. The van der Waals surface area contributed by atoms with E-state index in [0.29, 0.717) is 0 Å². The molecule has 1 aliphatic heterocycles. The van der Waals surface area contributed by atoms with Crippen molar-refractivity contribution in [2.45, 2.75) is 39.3 Å². The number of carbonyl (C=O) groups excluding carboxylic acids is 1. The first kappa shape index (κ1) is 3.85. The quantitative estimate of drug-likeness (QED) is 0.831. The van der Waals surface area contributed by atoms with Crippen LogP contribution in [0.1, 0.15) is 60.9 Å². The molecule has 1 aromatic carbocycles. The Kier molecular flexibility index (Phi) is 1.36. The summed E-state index contributed by atoms with van der Waals surface area (Å²) in [4.78, 5) is 11.7. The van der Waals surface area contributed by atoms with Gasteiger partial charge in [-0.2, -0.15) is 0 Å². The fourth-order valence-corrected chi connectivity index (χ4v) is 1.83. The number of benzene rings is 1. The van der Waals surface area contributed by atoms with Crippen LogP contribution in [-0.4, -0.2) is 30.3 Å². The number of fused-ring (bicyclic) bond motifs is 1. The van der Waals surface area contributed by atoms with Crippen molar-refractivity contribution in [3.8, 4) is 0 Å². The molecule has 0 saturated carbocycles. The SMILES string of the molecule is [2H]c1c([2H])c(CCN(C([2H])([2H])C([2H])([2H])C([2H])([2H])[2H])C([2H])([2H])C([2H])([2H])C([2H])([2H])[2H])c2c(c1[2H])NC(=O)C2. The molecule has 0 radical (unpaired) electrons. The third kappa shape index (κ3) is 3.57. The van der Waals surface area contributed by atoms with Crippen molar-refractivity contribution < 1.29 is 28.1 Å². The number of carbonyl (C=O) groups is 1. The van der Waals surface area contributed by atoms with E-state index in [4.69, 9.17) is 23.3 Å². The van der Waals surface area contributed by atoms with Gasteiger partial charge in [0, 0.05) is 31.4 Å². The van der Waals surface area contributed by atoms with Crippen molar-refractivity contribution in [3.05, 3.63) is 29.3 Å². The number of rotatable bonds is 7. The lowest BCUT2D eigenvalue weighted by Gasteiger charge is -2.21. The summed E-state index contributed by atoms with van der Waals surface area (Å²) in [5.41, 5.74) is -0.154. The van der Waals surface area contributed by atoms with Gasteiger partial charge in [0.15, 0.2) is 0 Å². The van der Waals surface area contributed by atoms with Crippen molar-refractivity contribution in [2.24, 2.45) is 0 Å². The molecule has 0 aliphatic carbocycles. The van der Waals surface area contributed by atoms with E-state index in [1.165, 1.54) is 0 Å². The first-order chi connectivity index (χ1) is 15.8. The predicted octanol–water partition coefficient (Wildman–Crippen LogP) is 2.85. The summed E-state index contributed by atoms with van der Waals surface area (Å²) >= 11 is 0. The van der Waals surface area contributed by atoms with Crippen LogP contribution in [0.15, 0.2) is 18.1 Å². The van der Waals surface area contributed by atoms with Crippen LogP contribution in [0.4, 0.5) is 5.69 Å². The van der Waals surface area contributed by atoms with Gasteiger partial charge in [-0.25, -0.2) is 0 Å². The van der Waals surface area contributed by atoms with E-state index in [1.54, 1.807) is 0 Å². The first-order valence-corrected chi connectivity index (χ1v) is 5.53. The maximum atomic E-state index is 11.9. The Morgan fingerprint density at radius 1 is 1.42 bits per heavy atom. The summed E-state index contributed by atoms with van der Waals surface area (Å²) in [6, 6.07) is -1.67. The summed E-state index contributed by atoms with van der Waals surface area (Å²) in [7, 11) is 0. The molecule has 0 spiro atoms. The molecule has 19 heavy (non-hydrogen) atoms. The number of amides is 1. The third-order valence-electron chi connectivity index (χ3n) is 2.64. The van der Waals surface area contributed by atoms with Crippen LogP contribution in [-0.2, 0) is 17.6 Å². The normalized spacial score (nSPS) is 31.2. The monoisotopic (exact) mass is 277 g/mol. The fourth-order valence-electron chi connectivity index (χ4n) is 1.83. The molecule has 1 aliphatic rings. The standard InChI is InChI=1S/C16H24N2O/c1-3-9-18(10-4-2)11-8-13-6-5-7-15-14(13)12-16(19)17-15/h5-7H,3-4,8-12H2,1-2H3,(H,17,19)/i1D3,2D3,3D2,4D2,5D,6D,7D,9D2,10D2. The lowest BCUT2D eigenvalue weighted by atomic mass is 10.0. The van der Waals surface area contributed by atoms with Crippen LogP contribution in [0, 0.1) is 0 Å². The second-order valence-corrected chi connectivity index (χ2v) is 3.81. The maximum absolute atomic E-state index is 11.9. The number of nitrogens with zero attached hydrogens (tertiary/aromatic N) is 1. The zero-order valence-electron chi connectivity index (χ0n) is 27.0. The number of anilines is 1. The summed E-state index contributed by atoms with van der Waals surface area (Å²) in [6.45, 7) is -16.1. The summed E-state index contributed by atoms with van der Waals surface area (Å²) < 4.78 is 133. The van der Waals surface area contributed by atoms with E-state index >= 15 is 0 Å². The van der Waals surface area contributed by atoms with E-state index in [1.807, 2.05) is 0 Å². The van der Waals surface area contributed by atoms with E-state index in [-0.39, 0.29) is 28.1 Å². The van der Waals surface area contributed by atoms with Gasteiger partial charge in [0.2, 0.25) is 5.91 Å². The molecule has 3 heteroatoms. The Labute approximate surface area is 139 Å². The van der Waals surface area contributed by atoms with Gasteiger partial charge in [-0.1, -0.05) is 25.8 Å². The predicted molar refractivity (Wildman–Crippen MR) is 79.5 cm³/mol. The molecule has 1 amide bonds. The molecular formula is C16H24N2O. The Hall–Kier alpha value is -1.35.